The summed E-state index contributed by atoms with van der Waals surface area (Å²) in [7, 11) is 0. The van der Waals surface area contributed by atoms with E-state index in [0.29, 0.717) is 11.1 Å². The number of aliphatic hydroxyl groups is 1. The van der Waals surface area contributed by atoms with Gasteiger partial charge in [0, 0.05) is 19.8 Å². The van der Waals surface area contributed by atoms with E-state index in [1.807, 2.05) is 0 Å². The summed E-state index contributed by atoms with van der Waals surface area (Å²) in [5.74, 6) is -0.735. The number of unbranched alkanes of at least 4 members (excludes halogenated alkanes) is 22. The SMILES string of the molecule is CCCCCCCCCCCCCCOCC(C)OCCCCCCCCCCCCCC.NCC(O)CN1C(=O)c2ccccc2C1=O. The fourth-order valence-electron chi connectivity index (χ4n) is 6.26. The van der Waals surface area contributed by atoms with Gasteiger partial charge >= 0.3 is 0 Å². The quantitative estimate of drug-likeness (QED) is 0.0577. The molecular weight excluding hydrogens is 612 g/mol. The Bertz CT molecular complexity index is 891. The van der Waals surface area contributed by atoms with Gasteiger partial charge in [0.25, 0.3) is 11.8 Å². The highest BCUT2D eigenvalue weighted by Crippen LogP contribution is 2.22. The number of aliphatic hydroxyl groups excluding tert-OH is 1. The number of ether oxygens (including phenoxy) is 2. The Morgan fingerprint density at radius 2 is 0.980 bits per heavy atom. The number of imide groups is 1. The molecule has 0 bridgehead atoms. The number of carbonyl (C=O) groups excluding carboxylic acids is 2. The average Bonchev–Trinajstić information content (AvgIpc) is 3.35. The Morgan fingerprint density at radius 1 is 0.612 bits per heavy atom. The Balaban J connectivity index is 0.000000616. The molecule has 1 aliphatic rings. The summed E-state index contributed by atoms with van der Waals surface area (Å²) in [6.07, 6.45) is 32.9. The number of nitrogens with zero attached hydrogens (tertiary/aromatic N) is 1. The molecule has 0 saturated heterocycles. The number of β-amino-alcohol motifs (C(OH)–C–C–N with tert-alkyl or cyclic N) is 1. The highest BCUT2D eigenvalue weighted by molar-refractivity contribution is 6.21. The third kappa shape index (κ3) is 23.3. The molecule has 1 aliphatic heterocycles. The largest absolute Gasteiger partial charge is 0.390 e. The van der Waals surface area contributed by atoms with E-state index in [2.05, 4.69) is 20.8 Å². The lowest BCUT2D eigenvalue weighted by molar-refractivity contribution is -0.00869. The zero-order valence-corrected chi connectivity index (χ0v) is 32.1. The van der Waals surface area contributed by atoms with Crippen molar-refractivity contribution in [2.75, 3.05) is 32.9 Å². The van der Waals surface area contributed by atoms with Gasteiger partial charge in [0.1, 0.15) is 0 Å². The van der Waals surface area contributed by atoms with E-state index in [1.165, 1.54) is 154 Å². The summed E-state index contributed by atoms with van der Waals surface area (Å²) < 4.78 is 11.7. The predicted molar refractivity (Wildman–Crippen MR) is 205 cm³/mol. The summed E-state index contributed by atoms with van der Waals surface area (Å²) in [6.45, 7) is 9.28. The number of fused-ring (bicyclic) bond motifs is 1. The van der Waals surface area contributed by atoms with Gasteiger partial charge in [-0.2, -0.15) is 0 Å². The van der Waals surface area contributed by atoms with Crippen molar-refractivity contribution in [2.45, 2.75) is 187 Å². The van der Waals surface area contributed by atoms with Crippen LogP contribution in [0, 0.1) is 0 Å². The molecule has 1 heterocycles. The van der Waals surface area contributed by atoms with Gasteiger partial charge in [-0.3, -0.25) is 14.5 Å². The molecule has 0 radical (unpaired) electrons. The maximum absolute atomic E-state index is 11.8. The Morgan fingerprint density at radius 3 is 1.37 bits per heavy atom. The molecule has 1 aromatic rings. The number of nitrogens with two attached hydrogens (primary N) is 1. The first kappa shape index (κ1) is 45.2. The Hall–Kier alpha value is -1.80. The van der Waals surface area contributed by atoms with Crippen molar-refractivity contribution >= 4 is 11.8 Å². The second kappa shape index (κ2) is 32.1. The van der Waals surface area contributed by atoms with Gasteiger partial charge in [-0.25, -0.2) is 0 Å². The molecule has 2 unspecified atom stereocenters. The highest BCUT2D eigenvalue weighted by atomic mass is 16.5. The zero-order valence-electron chi connectivity index (χ0n) is 32.1. The second-order valence-corrected chi connectivity index (χ2v) is 14.2. The van der Waals surface area contributed by atoms with Crippen LogP contribution < -0.4 is 5.73 Å². The zero-order chi connectivity index (χ0) is 35.8. The number of hydrogen-bond acceptors (Lipinski definition) is 6. The predicted octanol–water partition coefficient (Wildman–Crippen LogP) is 10.4. The minimum absolute atomic E-state index is 0.0212. The Labute approximate surface area is 301 Å². The average molecular weight is 689 g/mol. The van der Waals surface area contributed by atoms with Gasteiger partial charge in [0.05, 0.1) is 36.5 Å². The van der Waals surface area contributed by atoms with Gasteiger partial charge in [-0.15, -0.1) is 0 Å². The molecule has 7 nitrogen and oxygen atoms in total. The summed E-state index contributed by atoms with van der Waals surface area (Å²) in [5.41, 5.74) is 6.02. The van der Waals surface area contributed by atoms with Gasteiger partial charge in [0.2, 0.25) is 0 Å². The first-order chi connectivity index (χ1) is 24.0. The van der Waals surface area contributed by atoms with E-state index < -0.39 is 6.10 Å². The first-order valence-electron chi connectivity index (χ1n) is 20.5. The van der Waals surface area contributed by atoms with Crippen LogP contribution in [-0.2, 0) is 9.47 Å². The lowest BCUT2D eigenvalue weighted by atomic mass is 10.1. The monoisotopic (exact) mass is 689 g/mol. The normalized spacial score (nSPS) is 13.8. The van der Waals surface area contributed by atoms with Gasteiger partial charge < -0.3 is 20.3 Å². The molecule has 0 spiro atoms. The van der Waals surface area contributed by atoms with Crippen LogP contribution in [0.3, 0.4) is 0 Å². The van der Waals surface area contributed by atoms with Crippen molar-refractivity contribution in [3.8, 4) is 0 Å². The maximum Gasteiger partial charge on any atom is 0.261 e. The van der Waals surface area contributed by atoms with E-state index in [0.717, 1.165) is 24.7 Å². The highest BCUT2D eigenvalue weighted by Gasteiger charge is 2.35. The molecule has 0 aromatic heterocycles. The van der Waals surface area contributed by atoms with Crippen LogP contribution in [0.2, 0.25) is 0 Å². The molecule has 2 rings (SSSR count). The third-order valence-electron chi connectivity index (χ3n) is 9.44. The van der Waals surface area contributed by atoms with Crippen LogP contribution in [0.1, 0.15) is 196 Å². The number of carbonyl (C=O) groups is 2. The number of hydrogen-bond donors (Lipinski definition) is 2. The molecule has 0 aliphatic carbocycles. The van der Waals surface area contributed by atoms with Gasteiger partial charge in [0.15, 0.2) is 0 Å². The van der Waals surface area contributed by atoms with E-state index in [-0.39, 0.29) is 31.0 Å². The van der Waals surface area contributed by atoms with Crippen LogP contribution in [-0.4, -0.2) is 66.9 Å². The van der Waals surface area contributed by atoms with E-state index in [1.54, 1.807) is 24.3 Å². The number of amides is 2. The smallest absolute Gasteiger partial charge is 0.261 e. The van der Waals surface area contributed by atoms with Crippen molar-refractivity contribution < 1.29 is 24.2 Å². The maximum atomic E-state index is 11.8. The van der Waals surface area contributed by atoms with Crippen molar-refractivity contribution in [1.29, 1.82) is 0 Å². The second-order valence-electron chi connectivity index (χ2n) is 14.2. The van der Waals surface area contributed by atoms with Crippen molar-refractivity contribution in [1.82, 2.24) is 4.90 Å². The molecule has 2 atom stereocenters. The minimum atomic E-state index is -0.873. The van der Waals surface area contributed by atoms with Crippen LogP contribution in [0.4, 0.5) is 0 Å². The molecule has 3 N–H and O–H groups in total. The molecule has 1 aromatic carbocycles. The number of benzene rings is 1. The Kier molecular flexibility index (Phi) is 29.7. The number of rotatable bonds is 32. The first-order valence-corrected chi connectivity index (χ1v) is 20.5. The molecule has 2 amide bonds. The fourth-order valence-corrected chi connectivity index (χ4v) is 6.26. The lowest BCUT2D eigenvalue weighted by Crippen LogP contribution is -2.39. The minimum Gasteiger partial charge on any atom is -0.390 e. The van der Waals surface area contributed by atoms with Crippen LogP contribution >= 0.6 is 0 Å². The van der Waals surface area contributed by atoms with Crippen molar-refractivity contribution in [3.63, 3.8) is 0 Å². The molecule has 0 saturated carbocycles. The topological polar surface area (TPSA) is 102 Å². The molecular formula is C42H76N2O5. The standard InChI is InChI=1S/C31H64O2.C11H12N2O3/c1-4-6-8-10-12-14-16-18-20-22-24-26-28-32-30-31(3)33-29-27-25-23-21-19-17-15-13-11-9-7-5-2;12-5-7(14)6-13-10(15)8-3-1-2-4-9(8)11(13)16/h31H,4-30H2,1-3H3;1-4,7,14H,5-6,12H2. The van der Waals surface area contributed by atoms with Gasteiger partial charge in [-0.05, 0) is 31.9 Å². The molecule has 49 heavy (non-hydrogen) atoms. The summed E-state index contributed by atoms with van der Waals surface area (Å²) in [5, 5.41) is 9.36. The van der Waals surface area contributed by atoms with Crippen LogP contribution in [0.25, 0.3) is 0 Å². The fraction of sp³-hybridized carbons (Fsp3) is 0.810. The van der Waals surface area contributed by atoms with Crippen LogP contribution in [0.15, 0.2) is 24.3 Å². The van der Waals surface area contributed by atoms with E-state index >= 15 is 0 Å². The van der Waals surface area contributed by atoms with Crippen LogP contribution in [0.5, 0.6) is 0 Å². The summed E-state index contributed by atoms with van der Waals surface area (Å²) in [4.78, 5) is 24.7. The lowest BCUT2D eigenvalue weighted by Gasteiger charge is -2.16. The van der Waals surface area contributed by atoms with Crippen molar-refractivity contribution in [2.24, 2.45) is 5.73 Å². The molecule has 7 heteroatoms. The van der Waals surface area contributed by atoms with Gasteiger partial charge in [-0.1, -0.05) is 167 Å². The van der Waals surface area contributed by atoms with Crippen molar-refractivity contribution in [3.05, 3.63) is 35.4 Å². The third-order valence-corrected chi connectivity index (χ3v) is 9.44. The summed E-state index contributed by atoms with van der Waals surface area (Å²) in [6, 6.07) is 6.61. The molecule has 284 valence electrons. The van der Waals surface area contributed by atoms with E-state index in [9.17, 15) is 14.7 Å². The molecule has 0 fully saturated rings. The summed E-state index contributed by atoms with van der Waals surface area (Å²) >= 11 is 0. The van der Waals surface area contributed by atoms with E-state index in [4.69, 9.17) is 15.2 Å².